The lowest BCUT2D eigenvalue weighted by molar-refractivity contribution is -0.149. The highest BCUT2D eigenvalue weighted by molar-refractivity contribution is 5.95. The largest absolute Gasteiger partial charge is 0.459 e. The van der Waals surface area contributed by atoms with Crippen LogP contribution in [0.15, 0.2) is 35.7 Å². The van der Waals surface area contributed by atoms with Gasteiger partial charge in [0.05, 0.1) is 11.6 Å². The van der Waals surface area contributed by atoms with Crippen LogP contribution in [-0.4, -0.2) is 23.1 Å². The van der Waals surface area contributed by atoms with E-state index in [2.05, 4.69) is 15.6 Å². The molecule has 1 aromatic carbocycles. The number of H-pyrrole nitrogens is 1. The van der Waals surface area contributed by atoms with Gasteiger partial charge in [-0.25, -0.2) is 9.59 Å². The van der Waals surface area contributed by atoms with E-state index >= 15 is 0 Å². The van der Waals surface area contributed by atoms with Crippen molar-refractivity contribution in [3.05, 3.63) is 46.8 Å². The molecule has 2 atom stereocenters. The average molecular weight is 369 g/mol. The molecule has 0 bridgehead atoms. The van der Waals surface area contributed by atoms with Gasteiger partial charge >= 0.3 is 12.0 Å². The highest BCUT2D eigenvalue weighted by Gasteiger charge is 2.34. The molecule has 2 amide bonds. The molecule has 0 spiro atoms. The average Bonchev–Trinajstić information content (AvgIpc) is 3.02. The van der Waals surface area contributed by atoms with E-state index in [0.717, 1.165) is 22.0 Å². The fourth-order valence-corrected chi connectivity index (χ4v) is 3.17. The molecule has 0 saturated heterocycles. The number of hydrogen-bond acceptors (Lipinski definition) is 3. The number of fused-ring (bicyclic) bond motifs is 1. The van der Waals surface area contributed by atoms with Gasteiger partial charge in [-0.1, -0.05) is 26.8 Å². The lowest BCUT2D eigenvalue weighted by Crippen LogP contribution is -2.46. The van der Waals surface area contributed by atoms with Crippen LogP contribution in [0, 0.1) is 12.3 Å². The van der Waals surface area contributed by atoms with Gasteiger partial charge in [-0.15, -0.1) is 0 Å². The van der Waals surface area contributed by atoms with Crippen molar-refractivity contribution in [2.75, 3.05) is 0 Å². The maximum absolute atomic E-state index is 13.0. The lowest BCUT2D eigenvalue weighted by Gasteiger charge is -2.32. The summed E-state index contributed by atoms with van der Waals surface area (Å²) in [5, 5.41) is 6.60. The highest BCUT2D eigenvalue weighted by Crippen LogP contribution is 2.32. The molecule has 1 aromatic heterocycles. The summed E-state index contributed by atoms with van der Waals surface area (Å²) in [6, 6.07) is 5.07. The van der Waals surface area contributed by atoms with Crippen LogP contribution in [0.25, 0.3) is 10.9 Å². The zero-order valence-corrected chi connectivity index (χ0v) is 16.7. The summed E-state index contributed by atoms with van der Waals surface area (Å²) in [5.41, 5.74) is 3.72. The Morgan fingerprint density at radius 1 is 1.22 bits per heavy atom. The van der Waals surface area contributed by atoms with Crippen molar-refractivity contribution in [1.82, 2.24) is 15.6 Å². The van der Waals surface area contributed by atoms with Crippen molar-refractivity contribution in [2.24, 2.45) is 5.41 Å². The molecular weight excluding hydrogens is 342 g/mol. The number of ether oxygens (including phenoxy) is 1. The van der Waals surface area contributed by atoms with Crippen molar-refractivity contribution < 1.29 is 14.3 Å². The van der Waals surface area contributed by atoms with Crippen LogP contribution in [0.2, 0.25) is 0 Å². The number of rotatable bonds is 3. The maximum Gasteiger partial charge on any atom is 0.338 e. The quantitative estimate of drug-likeness (QED) is 0.713. The van der Waals surface area contributed by atoms with Gasteiger partial charge in [0.15, 0.2) is 0 Å². The standard InChI is InChI=1S/C21H27N3O3/c1-11-9-15(10-14-7-8-22-17(11)14)18-16(12(2)23-20(26)24-18)19(25)27-13(3)21(4,5)6/h7-10,13,18,22H,1-6H3,(H2,23,24,26). The van der Waals surface area contributed by atoms with Crippen molar-refractivity contribution in [1.29, 1.82) is 0 Å². The van der Waals surface area contributed by atoms with E-state index in [-0.39, 0.29) is 17.6 Å². The topological polar surface area (TPSA) is 83.2 Å². The van der Waals surface area contributed by atoms with Gasteiger partial charge in [-0.05, 0) is 54.8 Å². The first-order valence-electron chi connectivity index (χ1n) is 9.15. The molecule has 6 nitrogen and oxygen atoms in total. The van der Waals surface area contributed by atoms with Gasteiger partial charge < -0.3 is 20.4 Å². The second-order valence-corrected chi connectivity index (χ2v) is 8.26. The van der Waals surface area contributed by atoms with Crippen LogP contribution in [0.3, 0.4) is 0 Å². The summed E-state index contributed by atoms with van der Waals surface area (Å²) in [6.07, 6.45) is 1.61. The summed E-state index contributed by atoms with van der Waals surface area (Å²) in [5.74, 6) is -0.417. The Morgan fingerprint density at radius 3 is 2.59 bits per heavy atom. The molecule has 2 aromatic rings. The number of aryl methyl sites for hydroxylation is 1. The van der Waals surface area contributed by atoms with Gasteiger partial charge in [0.1, 0.15) is 6.10 Å². The third-order valence-corrected chi connectivity index (χ3v) is 5.20. The fraction of sp³-hybridized carbons (Fsp3) is 0.429. The van der Waals surface area contributed by atoms with Crippen LogP contribution >= 0.6 is 0 Å². The van der Waals surface area contributed by atoms with Crippen LogP contribution in [0.1, 0.15) is 51.8 Å². The van der Waals surface area contributed by atoms with E-state index in [4.69, 9.17) is 4.74 Å². The molecule has 0 aliphatic carbocycles. The van der Waals surface area contributed by atoms with Crippen LogP contribution in [0.4, 0.5) is 4.79 Å². The predicted molar refractivity (Wildman–Crippen MR) is 105 cm³/mol. The molecule has 0 fully saturated rings. The molecular formula is C21H27N3O3. The lowest BCUT2D eigenvalue weighted by atomic mass is 9.89. The van der Waals surface area contributed by atoms with Crippen LogP contribution in [-0.2, 0) is 9.53 Å². The minimum Gasteiger partial charge on any atom is -0.459 e. The van der Waals surface area contributed by atoms with Gasteiger partial charge in [0, 0.05) is 17.4 Å². The highest BCUT2D eigenvalue weighted by atomic mass is 16.5. The van der Waals surface area contributed by atoms with Crippen molar-refractivity contribution in [3.63, 3.8) is 0 Å². The third kappa shape index (κ3) is 3.70. The Balaban J connectivity index is 2.02. The van der Waals surface area contributed by atoms with E-state index in [0.29, 0.717) is 11.3 Å². The van der Waals surface area contributed by atoms with E-state index in [1.807, 2.05) is 59.0 Å². The minimum absolute atomic E-state index is 0.175. The Kier molecular flexibility index (Phi) is 4.76. The number of esters is 1. The molecule has 27 heavy (non-hydrogen) atoms. The number of urea groups is 1. The first kappa shape index (κ1) is 19.0. The number of benzene rings is 1. The number of allylic oxidation sites excluding steroid dienone is 1. The maximum atomic E-state index is 13.0. The SMILES string of the molecule is CC1=C(C(=O)OC(C)C(C)(C)C)C(c2cc(C)c3[nH]ccc3c2)NC(=O)N1. The van der Waals surface area contributed by atoms with Crippen molar-refractivity contribution >= 4 is 22.9 Å². The van der Waals surface area contributed by atoms with Crippen LogP contribution in [0.5, 0.6) is 0 Å². The number of amides is 2. The van der Waals surface area contributed by atoms with Gasteiger partial charge in [-0.3, -0.25) is 0 Å². The van der Waals surface area contributed by atoms with E-state index in [1.54, 1.807) is 6.92 Å². The normalized spacial score (nSPS) is 18.9. The molecule has 3 rings (SSSR count). The van der Waals surface area contributed by atoms with Gasteiger partial charge in [0.2, 0.25) is 0 Å². The molecule has 6 heteroatoms. The van der Waals surface area contributed by atoms with Crippen LogP contribution < -0.4 is 10.6 Å². The third-order valence-electron chi connectivity index (χ3n) is 5.20. The van der Waals surface area contributed by atoms with Gasteiger partial charge in [0.25, 0.3) is 0 Å². The number of carbonyl (C=O) groups is 2. The van der Waals surface area contributed by atoms with Crippen molar-refractivity contribution in [2.45, 2.75) is 53.7 Å². The fourth-order valence-electron chi connectivity index (χ4n) is 3.17. The Labute approximate surface area is 159 Å². The molecule has 1 aliphatic rings. The number of nitrogens with one attached hydrogen (secondary N) is 3. The summed E-state index contributed by atoms with van der Waals surface area (Å²) in [4.78, 5) is 28.3. The summed E-state index contributed by atoms with van der Waals surface area (Å²) in [6.45, 7) is 11.7. The first-order valence-corrected chi connectivity index (χ1v) is 9.15. The zero-order valence-electron chi connectivity index (χ0n) is 16.7. The molecule has 0 saturated carbocycles. The van der Waals surface area contributed by atoms with Gasteiger partial charge in [-0.2, -0.15) is 0 Å². The first-order chi connectivity index (χ1) is 12.6. The summed E-state index contributed by atoms with van der Waals surface area (Å²) >= 11 is 0. The predicted octanol–water partition coefficient (Wildman–Crippen LogP) is 4.08. The number of carbonyl (C=O) groups excluding carboxylic acids is 2. The zero-order chi connectivity index (χ0) is 19.9. The van der Waals surface area contributed by atoms with E-state index in [1.165, 1.54) is 0 Å². The smallest absolute Gasteiger partial charge is 0.338 e. The second-order valence-electron chi connectivity index (χ2n) is 8.26. The Hall–Kier alpha value is -2.76. The summed E-state index contributed by atoms with van der Waals surface area (Å²) < 4.78 is 5.72. The Morgan fingerprint density at radius 2 is 1.93 bits per heavy atom. The number of hydrogen-bond donors (Lipinski definition) is 3. The molecule has 144 valence electrons. The van der Waals surface area contributed by atoms with E-state index < -0.39 is 12.0 Å². The monoisotopic (exact) mass is 369 g/mol. The number of aromatic amines is 1. The molecule has 0 radical (unpaired) electrons. The summed E-state index contributed by atoms with van der Waals surface area (Å²) in [7, 11) is 0. The van der Waals surface area contributed by atoms with E-state index in [9.17, 15) is 9.59 Å². The number of aromatic nitrogens is 1. The molecule has 3 N–H and O–H groups in total. The second kappa shape index (κ2) is 6.76. The van der Waals surface area contributed by atoms with Crippen molar-refractivity contribution in [3.8, 4) is 0 Å². The molecule has 2 unspecified atom stereocenters. The Bertz CT molecular complexity index is 934. The molecule has 1 aliphatic heterocycles. The minimum atomic E-state index is -0.559. The molecule has 2 heterocycles.